The van der Waals surface area contributed by atoms with Gasteiger partial charge in [-0.05, 0) is 41.0 Å². The molecule has 31 heavy (non-hydrogen) atoms. The SMILES string of the molecule is O=C(O)c1ccc(-c2c(C(=O)O)cc(C(=O)O)cc2-c2ccccc2)c(C(=O)O)c1.[Cu]. The molecule has 0 atom stereocenters. The van der Waals surface area contributed by atoms with Crippen LogP contribution < -0.4 is 0 Å². The molecule has 3 aromatic carbocycles. The largest absolute Gasteiger partial charge is 0.478 e. The molecule has 0 bridgehead atoms. The second-order valence-electron chi connectivity index (χ2n) is 6.29. The summed E-state index contributed by atoms with van der Waals surface area (Å²) in [5.41, 5.74) is -0.800. The van der Waals surface area contributed by atoms with Crippen LogP contribution in [0.15, 0.2) is 60.7 Å². The van der Waals surface area contributed by atoms with Gasteiger partial charge >= 0.3 is 23.9 Å². The molecule has 9 heteroatoms. The quantitative estimate of drug-likeness (QED) is 0.398. The molecule has 0 aliphatic heterocycles. The van der Waals surface area contributed by atoms with Gasteiger partial charge in [-0.2, -0.15) is 0 Å². The van der Waals surface area contributed by atoms with E-state index >= 15 is 0 Å². The normalized spacial score (nSPS) is 10.1. The average Bonchev–Trinajstić information content (AvgIpc) is 2.72. The number of carboxylic acids is 4. The van der Waals surface area contributed by atoms with Crippen molar-refractivity contribution in [1.82, 2.24) is 0 Å². The first-order valence-electron chi connectivity index (χ1n) is 8.51. The molecule has 0 unspecified atom stereocenters. The minimum absolute atomic E-state index is 0. The van der Waals surface area contributed by atoms with E-state index in [0.717, 1.165) is 18.2 Å². The van der Waals surface area contributed by atoms with Gasteiger partial charge in [-0.1, -0.05) is 36.4 Å². The van der Waals surface area contributed by atoms with E-state index < -0.39 is 35.0 Å². The summed E-state index contributed by atoms with van der Waals surface area (Å²) < 4.78 is 0. The number of aromatic carboxylic acids is 4. The fourth-order valence-corrected chi connectivity index (χ4v) is 3.14. The van der Waals surface area contributed by atoms with Gasteiger partial charge in [-0.3, -0.25) is 0 Å². The average molecular weight is 470 g/mol. The van der Waals surface area contributed by atoms with Crippen LogP contribution in [-0.4, -0.2) is 44.3 Å². The van der Waals surface area contributed by atoms with Crippen molar-refractivity contribution >= 4 is 23.9 Å². The monoisotopic (exact) mass is 469 g/mol. The third kappa shape index (κ3) is 4.63. The van der Waals surface area contributed by atoms with Crippen molar-refractivity contribution in [3.63, 3.8) is 0 Å². The summed E-state index contributed by atoms with van der Waals surface area (Å²) in [6, 6.07) is 13.8. The number of carboxylic acid groups (broad SMARTS) is 4. The predicted octanol–water partition coefficient (Wildman–Crippen LogP) is 3.81. The van der Waals surface area contributed by atoms with Gasteiger partial charge in [0.05, 0.1) is 22.3 Å². The summed E-state index contributed by atoms with van der Waals surface area (Å²) in [4.78, 5) is 46.6. The standard InChI is InChI=1S/C22H14O8.Cu/c23-19(24)12-6-7-14(16(8-12)21(27)28)18-15(11-4-2-1-3-5-11)9-13(20(25)26)10-17(18)22(29)30;/h1-10H,(H,23,24)(H,25,26)(H,27,28)(H,29,30);. The maximum absolute atomic E-state index is 12.0. The zero-order chi connectivity index (χ0) is 22.0. The van der Waals surface area contributed by atoms with Crippen LogP contribution in [0.3, 0.4) is 0 Å². The van der Waals surface area contributed by atoms with Gasteiger partial charge in [0.15, 0.2) is 0 Å². The Morgan fingerprint density at radius 2 is 1.10 bits per heavy atom. The van der Waals surface area contributed by atoms with Crippen LogP contribution in [0.25, 0.3) is 22.3 Å². The maximum atomic E-state index is 12.0. The van der Waals surface area contributed by atoms with Crippen molar-refractivity contribution < 1.29 is 56.7 Å². The molecule has 4 N–H and O–H groups in total. The Kier molecular flexibility index (Phi) is 6.96. The Labute approximate surface area is 185 Å². The second kappa shape index (κ2) is 9.25. The smallest absolute Gasteiger partial charge is 0.336 e. The molecule has 0 spiro atoms. The molecule has 0 aliphatic carbocycles. The van der Waals surface area contributed by atoms with Crippen molar-refractivity contribution in [2.75, 3.05) is 0 Å². The van der Waals surface area contributed by atoms with Crippen LogP contribution in [0.1, 0.15) is 41.4 Å². The van der Waals surface area contributed by atoms with Gasteiger partial charge in [-0.15, -0.1) is 0 Å². The summed E-state index contributed by atoms with van der Waals surface area (Å²) >= 11 is 0. The predicted molar refractivity (Wildman–Crippen MR) is 105 cm³/mol. The Morgan fingerprint density at radius 3 is 1.61 bits per heavy atom. The van der Waals surface area contributed by atoms with E-state index in [-0.39, 0.29) is 44.9 Å². The zero-order valence-electron chi connectivity index (χ0n) is 15.5. The molecule has 3 rings (SSSR count). The first-order chi connectivity index (χ1) is 14.2. The molecule has 3 aromatic rings. The van der Waals surface area contributed by atoms with Gasteiger partial charge in [0, 0.05) is 22.6 Å². The first-order valence-corrected chi connectivity index (χ1v) is 8.51. The molecule has 0 amide bonds. The summed E-state index contributed by atoms with van der Waals surface area (Å²) in [5, 5.41) is 38.0. The summed E-state index contributed by atoms with van der Waals surface area (Å²) in [6.07, 6.45) is 0. The van der Waals surface area contributed by atoms with Crippen molar-refractivity contribution in [2.24, 2.45) is 0 Å². The van der Waals surface area contributed by atoms with Crippen LogP contribution >= 0.6 is 0 Å². The number of carbonyl (C=O) groups is 4. The number of hydrogen-bond acceptors (Lipinski definition) is 4. The van der Waals surface area contributed by atoms with E-state index in [1.54, 1.807) is 30.3 Å². The van der Waals surface area contributed by atoms with Gasteiger partial charge in [0.25, 0.3) is 0 Å². The third-order valence-corrected chi connectivity index (χ3v) is 4.47. The van der Waals surface area contributed by atoms with E-state index in [0.29, 0.717) is 5.56 Å². The first kappa shape index (κ1) is 23.3. The van der Waals surface area contributed by atoms with Gasteiger partial charge in [0.2, 0.25) is 0 Å². The summed E-state index contributed by atoms with van der Waals surface area (Å²) in [7, 11) is 0. The van der Waals surface area contributed by atoms with Gasteiger partial charge < -0.3 is 20.4 Å². The van der Waals surface area contributed by atoms with Crippen LogP contribution in [-0.2, 0) is 17.1 Å². The molecule has 0 fully saturated rings. The third-order valence-electron chi connectivity index (χ3n) is 4.47. The molecular weight excluding hydrogens is 456 g/mol. The van der Waals surface area contributed by atoms with Crippen LogP contribution in [0.4, 0.5) is 0 Å². The Bertz CT molecular complexity index is 1200. The van der Waals surface area contributed by atoms with Crippen molar-refractivity contribution in [3.05, 3.63) is 82.9 Å². The van der Waals surface area contributed by atoms with Gasteiger partial charge in [-0.25, -0.2) is 19.2 Å². The van der Waals surface area contributed by atoms with E-state index in [2.05, 4.69) is 0 Å². The topological polar surface area (TPSA) is 149 Å². The number of benzene rings is 3. The Morgan fingerprint density at radius 1 is 0.548 bits per heavy atom. The van der Waals surface area contributed by atoms with Crippen molar-refractivity contribution in [3.8, 4) is 22.3 Å². The van der Waals surface area contributed by atoms with E-state index in [4.69, 9.17) is 0 Å². The van der Waals surface area contributed by atoms with Gasteiger partial charge in [0.1, 0.15) is 0 Å². The number of rotatable bonds is 6. The Hall–Kier alpha value is -3.94. The molecule has 0 aliphatic rings. The van der Waals surface area contributed by atoms with Crippen molar-refractivity contribution in [2.45, 2.75) is 0 Å². The van der Waals surface area contributed by atoms with E-state index in [9.17, 15) is 39.6 Å². The van der Waals surface area contributed by atoms with E-state index in [1.807, 2.05) is 0 Å². The molecule has 0 saturated heterocycles. The van der Waals surface area contributed by atoms with Crippen LogP contribution in [0.2, 0.25) is 0 Å². The molecule has 0 saturated carbocycles. The molecule has 0 heterocycles. The fourth-order valence-electron chi connectivity index (χ4n) is 3.14. The summed E-state index contributed by atoms with van der Waals surface area (Å²) in [6.45, 7) is 0. The summed E-state index contributed by atoms with van der Waals surface area (Å²) in [5.74, 6) is -5.59. The minimum atomic E-state index is -1.45. The second-order valence-corrected chi connectivity index (χ2v) is 6.29. The molecule has 161 valence electrons. The zero-order valence-corrected chi connectivity index (χ0v) is 16.4. The minimum Gasteiger partial charge on any atom is -0.478 e. The molecule has 1 radical (unpaired) electrons. The maximum Gasteiger partial charge on any atom is 0.336 e. The van der Waals surface area contributed by atoms with Crippen molar-refractivity contribution in [1.29, 1.82) is 0 Å². The molecule has 0 aromatic heterocycles. The van der Waals surface area contributed by atoms with Crippen LogP contribution in [0.5, 0.6) is 0 Å². The number of hydrogen-bond donors (Lipinski definition) is 4. The molecule has 8 nitrogen and oxygen atoms in total. The fraction of sp³-hybridized carbons (Fsp3) is 0. The van der Waals surface area contributed by atoms with Crippen LogP contribution in [0, 0.1) is 0 Å². The Balaban J connectivity index is 0.00000341. The molecular formula is C22H14CuO8. The van der Waals surface area contributed by atoms with E-state index in [1.165, 1.54) is 12.1 Å².